The van der Waals surface area contributed by atoms with E-state index in [0.717, 1.165) is 11.1 Å². The van der Waals surface area contributed by atoms with Gasteiger partial charge in [0.15, 0.2) is 0 Å². The van der Waals surface area contributed by atoms with Gasteiger partial charge in [-0.15, -0.1) is 13.2 Å². The second kappa shape index (κ2) is 16.2. The van der Waals surface area contributed by atoms with Crippen molar-refractivity contribution in [2.45, 2.75) is 80.8 Å². The van der Waals surface area contributed by atoms with E-state index in [9.17, 15) is 24.3 Å². The van der Waals surface area contributed by atoms with Crippen LogP contribution in [0.5, 0.6) is 0 Å². The molecule has 3 aliphatic rings. The average Bonchev–Trinajstić information content (AvgIpc) is 3.72. The number of methoxy groups -OCH3 is 1. The minimum absolute atomic E-state index is 0.0422. The molecule has 3 heterocycles. The monoisotopic (exact) mass is 765 g/mol. The molecule has 0 aromatic heterocycles. The number of halogens is 1. The molecule has 12 heteroatoms. The van der Waals surface area contributed by atoms with Crippen molar-refractivity contribution < 1.29 is 38.5 Å². The molecule has 1 spiro atoms. The van der Waals surface area contributed by atoms with Gasteiger partial charge in [-0.25, -0.2) is 0 Å². The highest BCUT2D eigenvalue weighted by atomic mass is 79.9. The molecule has 274 valence electrons. The van der Waals surface area contributed by atoms with Crippen molar-refractivity contribution in [3.63, 3.8) is 0 Å². The Bertz CT molecular complexity index is 1640. The number of ether oxygens (including phenoxy) is 3. The van der Waals surface area contributed by atoms with Crippen LogP contribution < -0.4 is 10.2 Å². The van der Waals surface area contributed by atoms with E-state index in [0.29, 0.717) is 17.7 Å². The highest BCUT2D eigenvalue weighted by Gasteiger charge is 2.77. The lowest BCUT2D eigenvalue weighted by atomic mass is 9.70. The van der Waals surface area contributed by atoms with Crippen LogP contribution >= 0.6 is 15.9 Å². The van der Waals surface area contributed by atoms with Crippen LogP contribution in [-0.4, -0.2) is 95.2 Å². The van der Waals surface area contributed by atoms with Gasteiger partial charge < -0.3 is 34.4 Å². The molecule has 5 rings (SSSR count). The van der Waals surface area contributed by atoms with Gasteiger partial charge >= 0.3 is 5.97 Å². The smallest absolute Gasteiger partial charge is 0.313 e. The highest BCUT2D eigenvalue weighted by molar-refractivity contribution is 9.09. The summed E-state index contributed by atoms with van der Waals surface area (Å²) < 4.78 is 18.5. The van der Waals surface area contributed by atoms with Crippen molar-refractivity contribution in [2.24, 2.45) is 11.8 Å². The SMILES string of the molecule is C=CCCC(=O)N[C@@H](COC)[C@@H](OC(=O)[C@@H]1[C@H]2O[C@@]3(CC2Br)[C@H](C(=O)N(CC=C)c2cc(C)ccc2C)N([C@H](C)CO)C(=O)[C@@H]13)c1ccccc1. The molecule has 2 aromatic carbocycles. The zero-order valence-electron chi connectivity index (χ0n) is 29.6. The van der Waals surface area contributed by atoms with Gasteiger partial charge in [0.1, 0.15) is 17.7 Å². The number of likely N-dealkylation sites (tertiary alicyclic amines) is 1. The number of nitrogens with one attached hydrogen (secondary N) is 1. The summed E-state index contributed by atoms with van der Waals surface area (Å²) in [5.41, 5.74) is 1.73. The molecule has 3 aliphatic heterocycles. The molecule has 11 nitrogen and oxygen atoms in total. The Morgan fingerprint density at radius 2 is 1.90 bits per heavy atom. The van der Waals surface area contributed by atoms with Gasteiger partial charge in [-0.3, -0.25) is 19.2 Å². The number of aliphatic hydroxyl groups is 1. The molecule has 0 saturated carbocycles. The fraction of sp³-hybridized carbons (Fsp3) is 0.487. The number of hydrogen-bond donors (Lipinski definition) is 2. The summed E-state index contributed by atoms with van der Waals surface area (Å²) in [6.45, 7) is 12.9. The molecule has 3 saturated heterocycles. The van der Waals surface area contributed by atoms with Crippen molar-refractivity contribution in [3.8, 4) is 0 Å². The number of amides is 3. The van der Waals surface area contributed by atoms with Crippen molar-refractivity contribution in [1.82, 2.24) is 10.2 Å². The normalized spacial score (nSPS) is 26.6. The van der Waals surface area contributed by atoms with Crippen LogP contribution in [0.2, 0.25) is 0 Å². The molecule has 2 N–H and O–H groups in total. The lowest BCUT2D eigenvalue weighted by Gasteiger charge is -2.39. The number of hydrogen-bond acceptors (Lipinski definition) is 8. The summed E-state index contributed by atoms with van der Waals surface area (Å²) in [5, 5.41) is 13.3. The quantitative estimate of drug-likeness (QED) is 0.147. The molecular weight excluding hydrogens is 718 g/mol. The van der Waals surface area contributed by atoms with Crippen LogP contribution in [0.1, 0.15) is 49.0 Å². The maximum absolute atomic E-state index is 14.9. The van der Waals surface area contributed by atoms with Crippen LogP contribution in [0, 0.1) is 25.7 Å². The second-order valence-corrected chi connectivity index (χ2v) is 14.9. The van der Waals surface area contributed by atoms with Gasteiger partial charge in [0.2, 0.25) is 11.8 Å². The largest absolute Gasteiger partial charge is 0.455 e. The molecule has 3 fully saturated rings. The Hall–Kier alpha value is -3.84. The zero-order valence-corrected chi connectivity index (χ0v) is 31.2. The maximum atomic E-state index is 14.9. The van der Waals surface area contributed by atoms with Crippen LogP contribution in [0.3, 0.4) is 0 Å². The zero-order chi connectivity index (χ0) is 37.0. The first-order valence-corrected chi connectivity index (χ1v) is 18.2. The number of aryl methyl sites for hydroxylation is 2. The Morgan fingerprint density at radius 1 is 1.18 bits per heavy atom. The first-order valence-electron chi connectivity index (χ1n) is 17.3. The van der Waals surface area contributed by atoms with Crippen molar-refractivity contribution >= 4 is 45.3 Å². The van der Waals surface area contributed by atoms with E-state index in [2.05, 4.69) is 34.4 Å². The third-order valence-corrected chi connectivity index (χ3v) is 11.1. The van der Waals surface area contributed by atoms with Crippen LogP contribution in [-0.2, 0) is 33.4 Å². The molecular formula is C39H48BrN3O8. The maximum Gasteiger partial charge on any atom is 0.313 e. The number of carbonyl (C=O) groups excluding carboxylic acids is 4. The van der Waals surface area contributed by atoms with Crippen molar-refractivity contribution in [3.05, 3.63) is 90.5 Å². The number of esters is 1. The van der Waals surface area contributed by atoms with Crippen LogP contribution in [0.25, 0.3) is 0 Å². The van der Waals surface area contributed by atoms with Gasteiger partial charge in [-0.1, -0.05) is 70.5 Å². The molecule has 3 amide bonds. The van der Waals surface area contributed by atoms with Gasteiger partial charge in [0.25, 0.3) is 5.91 Å². The number of anilines is 1. The predicted molar refractivity (Wildman–Crippen MR) is 196 cm³/mol. The lowest BCUT2D eigenvalue weighted by Crippen LogP contribution is -2.59. The van der Waals surface area contributed by atoms with E-state index in [1.54, 1.807) is 48.2 Å². The summed E-state index contributed by atoms with van der Waals surface area (Å²) in [6.07, 6.45) is 2.48. The van der Waals surface area contributed by atoms with E-state index >= 15 is 0 Å². The summed E-state index contributed by atoms with van der Waals surface area (Å²) in [6, 6.07) is 12.2. The number of alkyl halides is 1. The number of aliphatic hydroxyl groups excluding tert-OH is 1. The van der Waals surface area contributed by atoms with E-state index in [4.69, 9.17) is 14.2 Å². The molecule has 2 bridgehead atoms. The Kier molecular flexibility index (Phi) is 12.2. The summed E-state index contributed by atoms with van der Waals surface area (Å²) >= 11 is 3.72. The van der Waals surface area contributed by atoms with Gasteiger partial charge in [0, 0.05) is 30.6 Å². The van der Waals surface area contributed by atoms with E-state index in [1.165, 1.54) is 12.0 Å². The van der Waals surface area contributed by atoms with Crippen LogP contribution in [0.15, 0.2) is 73.8 Å². The van der Waals surface area contributed by atoms with Gasteiger partial charge in [-0.05, 0) is 56.4 Å². The lowest BCUT2D eigenvalue weighted by molar-refractivity contribution is -0.163. The highest BCUT2D eigenvalue weighted by Crippen LogP contribution is 2.61. The minimum Gasteiger partial charge on any atom is -0.455 e. The van der Waals surface area contributed by atoms with E-state index < -0.39 is 72.2 Å². The number of benzene rings is 2. The van der Waals surface area contributed by atoms with Crippen molar-refractivity contribution in [2.75, 3.05) is 31.8 Å². The number of allylic oxidation sites excluding steroid dienone is 1. The Labute approximate surface area is 308 Å². The average molecular weight is 767 g/mol. The molecule has 0 aliphatic carbocycles. The number of nitrogens with zero attached hydrogens (tertiary/aromatic N) is 2. The molecule has 9 atom stereocenters. The van der Waals surface area contributed by atoms with Crippen molar-refractivity contribution in [1.29, 1.82) is 0 Å². The standard InChI is InChI=1S/C39H48BrN3O8/c1-7-9-15-30(45)41-28(22-49-6)33(26-13-11-10-12-14-26)50-38(48)31-32-36(46)43(25(5)21-44)35(39(32)20-27(40)34(31)51-39)37(47)42(18-8-2)29-19-23(3)16-17-24(29)4/h7-8,10-14,16-17,19,25,27-28,31-35,44H,1-2,9,15,18,20-22H2,3-6H3,(H,41,45)/t25-,27?,28+,31+,32-,33+,34+,35+,39-/m1/s1. The Balaban J connectivity index is 1.54. The third-order valence-electron chi connectivity index (χ3n) is 10.2. The minimum atomic E-state index is -1.38. The number of rotatable bonds is 16. The molecule has 51 heavy (non-hydrogen) atoms. The number of fused-ring (bicyclic) bond motifs is 1. The fourth-order valence-corrected chi connectivity index (χ4v) is 8.84. The first-order chi connectivity index (χ1) is 24.4. The summed E-state index contributed by atoms with van der Waals surface area (Å²) in [4.78, 5) is 59.6. The topological polar surface area (TPSA) is 135 Å². The summed E-state index contributed by atoms with van der Waals surface area (Å²) in [7, 11) is 1.49. The van der Waals surface area contributed by atoms with Gasteiger partial charge in [0.05, 0.1) is 43.2 Å². The fourth-order valence-electron chi connectivity index (χ4n) is 7.90. The predicted octanol–water partition coefficient (Wildman–Crippen LogP) is 4.33. The molecule has 0 radical (unpaired) electrons. The van der Waals surface area contributed by atoms with E-state index in [1.807, 2.05) is 38.1 Å². The van der Waals surface area contributed by atoms with E-state index in [-0.39, 0.29) is 36.7 Å². The first kappa shape index (κ1) is 38.4. The third kappa shape index (κ3) is 7.28. The summed E-state index contributed by atoms with van der Waals surface area (Å²) in [5.74, 6) is -3.94. The second-order valence-electron chi connectivity index (χ2n) is 13.7. The molecule has 1 unspecified atom stereocenters. The molecule has 2 aromatic rings. The Morgan fingerprint density at radius 3 is 2.55 bits per heavy atom. The number of carbonyl (C=O) groups is 4. The van der Waals surface area contributed by atoms with Gasteiger partial charge in [-0.2, -0.15) is 0 Å². The van der Waals surface area contributed by atoms with Crippen LogP contribution in [0.4, 0.5) is 5.69 Å².